The largest absolute Gasteiger partial charge is 0.392 e. The highest BCUT2D eigenvalue weighted by Crippen LogP contribution is 2.37. The summed E-state index contributed by atoms with van der Waals surface area (Å²) in [7, 11) is 0. The van der Waals surface area contributed by atoms with Crippen molar-refractivity contribution in [1.29, 1.82) is 0 Å². The van der Waals surface area contributed by atoms with Crippen molar-refractivity contribution in [3.8, 4) is 0 Å². The first-order chi connectivity index (χ1) is 6.84. The van der Waals surface area contributed by atoms with Crippen LogP contribution in [-0.2, 0) is 0 Å². The molecule has 2 fully saturated rings. The third kappa shape index (κ3) is 1.33. The van der Waals surface area contributed by atoms with Gasteiger partial charge >= 0.3 is 0 Å². The van der Waals surface area contributed by atoms with Crippen LogP contribution in [0.3, 0.4) is 0 Å². The first kappa shape index (κ1) is 8.38. The molecule has 0 spiro atoms. The number of nitrogens with one attached hydrogen (secondary N) is 1. The molecule has 0 bridgehead atoms. The average molecular weight is 194 g/mol. The van der Waals surface area contributed by atoms with Crippen LogP contribution in [0.15, 0.2) is 6.33 Å². The predicted molar refractivity (Wildman–Crippen MR) is 49.7 cm³/mol. The molecule has 0 aromatic carbocycles. The van der Waals surface area contributed by atoms with Gasteiger partial charge in [0.15, 0.2) is 0 Å². The van der Waals surface area contributed by atoms with Crippen LogP contribution in [0, 0.1) is 0 Å². The van der Waals surface area contributed by atoms with Crippen LogP contribution < -0.4 is 5.32 Å². The summed E-state index contributed by atoms with van der Waals surface area (Å²) in [4.78, 5) is 0. The topological polar surface area (TPSA) is 63.0 Å². The molecule has 2 heterocycles. The molecule has 1 aliphatic heterocycles. The van der Waals surface area contributed by atoms with E-state index in [1.807, 2.05) is 0 Å². The van der Waals surface area contributed by atoms with Crippen LogP contribution >= 0.6 is 0 Å². The van der Waals surface area contributed by atoms with E-state index in [0.29, 0.717) is 12.6 Å². The Morgan fingerprint density at radius 2 is 2.36 bits per heavy atom. The average Bonchev–Trinajstić information content (AvgIpc) is 2.75. The summed E-state index contributed by atoms with van der Waals surface area (Å²) in [6, 6.07) is 0.799. The number of aliphatic hydroxyl groups excluding tert-OH is 1. The Morgan fingerprint density at radius 3 is 3.00 bits per heavy atom. The molecule has 76 valence electrons. The van der Waals surface area contributed by atoms with Crippen molar-refractivity contribution in [2.24, 2.45) is 0 Å². The predicted octanol–water partition coefficient (Wildman–Crippen LogP) is 0.00830. The maximum Gasteiger partial charge on any atom is 0.150 e. The van der Waals surface area contributed by atoms with Gasteiger partial charge in [0.1, 0.15) is 12.2 Å². The fraction of sp³-hybridized carbons (Fsp3) is 0.778. The van der Waals surface area contributed by atoms with Crippen molar-refractivity contribution in [2.75, 3.05) is 6.54 Å². The molecule has 5 nitrogen and oxygen atoms in total. The summed E-state index contributed by atoms with van der Waals surface area (Å²) in [5.74, 6) is 0.990. The molecule has 1 saturated carbocycles. The van der Waals surface area contributed by atoms with E-state index in [9.17, 15) is 5.11 Å². The van der Waals surface area contributed by atoms with Gasteiger partial charge in [0, 0.05) is 12.6 Å². The first-order valence-electron chi connectivity index (χ1n) is 5.15. The monoisotopic (exact) mass is 194 g/mol. The van der Waals surface area contributed by atoms with Crippen molar-refractivity contribution < 1.29 is 5.11 Å². The second-order valence-electron chi connectivity index (χ2n) is 4.18. The highest BCUT2D eigenvalue weighted by Gasteiger charge is 2.32. The molecule has 1 saturated heterocycles. The van der Waals surface area contributed by atoms with Gasteiger partial charge in [-0.05, 0) is 19.3 Å². The Kier molecular flexibility index (Phi) is 1.81. The zero-order chi connectivity index (χ0) is 9.54. The molecule has 1 aromatic heterocycles. The zero-order valence-electron chi connectivity index (χ0n) is 7.93. The van der Waals surface area contributed by atoms with E-state index < -0.39 is 0 Å². The summed E-state index contributed by atoms with van der Waals surface area (Å²) < 4.78 is 2.15. The lowest BCUT2D eigenvalue weighted by molar-refractivity contribution is 0.192. The summed E-state index contributed by atoms with van der Waals surface area (Å²) >= 11 is 0. The van der Waals surface area contributed by atoms with E-state index in [2.05, 4.69) is 20.1 Å². The van der Waals surface area contributed by atoms with E-state index in [1.165, 1.54) is 12.8 Å². The Balaban J connectivity index is 1.84. The summed E-state index contributed by atoms with van der Waals surface area (Å²) in [6.45, 7) is 0.669. The van der Waals surface area contributed by atoms with Gasteiger partial charge in [0.2, 0.25) is 0 Å². The van der Waals surface area contributed by atoms with Gasteiger partial charge in [0.05, 0.1) is 12.1 Å². The zero-order valence-corrected chi connectivity index (χ0v) is 7.93. The van der Waals surface area contributed by atoms with Crippen molar-refractivity contribution in [1.82, 2.24) is 20.1 Å². The second kappa shape index (κ2) is 3.03. The Hall–Kier alpha value is -0.940. The van der Waals surface area contributed by atoms with Gasteiger partial charge in [-0.2, -0.15) is 0 Å². The van der Waals surface area contributed by atoms with E-state index in [-0.39, 0.29) is 12.1 Å². The molecule has 1 unspecified atom stereocenters. The molecular formula is C9H14N4O. The molecule has 3 rings (SSSR count). The van der Waals surface area contributed by atoms with Crippen molar-refractivity contribution >= 4 is 0 Å². The second-order valence-corrected chi connectivity index (χ2v) is 4.18. The van der Waals surface area contributed by atoms with Crippen molar-refractivity contribution in [3.05, 3.63) is 12.2 Å². The van der Waals surface area contributed by atoms with Crippen molar-refractivity contribution in [2.45, 2.75) is 37.5 Å². The lowest BCUT2D eigenvalue weighted by Gasteiger charge is -2.10. The fourth-order valence-corrected chi connectivity index (χ4v) is 2.05. The number of rotatable bonds is 2. The highest BCUT2D eigenvalue weighted by molar-refractivity contribution is 5.03. The van der Waals surface area contributed by atoms with E-state index in [0.717, 1.165) is 12.2 Å². The van der Waals surface area contributed by atoms with Gasteiger partial charge in [0.25, 0.3) is 0 Å². The van der Waals surface area contributed by atoms with Crippen molar-refractivity contribution in [3.63, 3.8) is 0 Å². The maximum atomic E-state index is 9.42. The van der Waals surface area contributed by atoms with Gasteiger partial charge in [-0.15, -0.1) is 10.2 Å². The van der Waals surface area contributed by atoms with Crippen LogP contribution in [0.25, 0.3) is 0 Å². The number of hydrogen-bond donors (Lipinski definition) is 2. The molecule has 1 aromatic rings. The lowest BCUT2D eigenvalue weighted by Crippen LogP contribution is -2.18. The number of β-amino-alcohol motifs (C(OH)–C–C–N with tert-alkyl or cyclic N) is 1. The maximum absolute atomic E-state index is 9.42. The first-order valence-corrected chi connectivity index (χ1v) is 5.15. The Morgan fingerprint density at radius 1 is 1.50 bits per heavy atom. The third-order valence-electron chi connectivity index (χ3n) is 2.96. The Labute approximate surface area is 82.1 Å². The van der Waals surface area contributed by atoms with Crippen LogP contribution in [0.5, 0.6) is 0 Å². The van der Waals surface area contributed by atoms with Gasteiger partial charge in [-0.25, -0.2) is 0 Å². The number of hydrogen-bond acceptors (Lipinski definition) is 4. The van der Waals surface area contributed by atoms with E-state index in [4.69, 9.17) is 0 Å². The molecule has 5 heteroatoms. The fourth-order valence-electron chi connectivity index (χ4n) is 2.05. The van der Waals surface area contributed by atoms with Gasteiger partial charge in [-0.3, -0.25) is 0 Å². The van der Waals surface area contributed by atoms with Gasteiger partial charge < -0.3 is 15.0 Å². The molecule has 1 aliphatic carbocycles. The number of nitrogens with zero attached hydrogens (tertiary/aromatic N) is 3. The standard InChI is InChI=1S/C9H14N4O/c14-7-3-8(10-4-7)9-12-11-5-13(9)6-1-2-6/h5-8,10,14H,1-4H2/t7?,8-/m0/s1. The van der Waals surface area contributed by atoms with E-state index in [1.54, 1.807) is 6.33 Å². The van der Waals surface area contributed by atoms with Crippen LogP contribution in [0.2, 0.25) is 0 Å². The normalized spacial score (nSPS) is 32.4. The van der Waals surface area contributed by atoms with Crippen LogP contribution in [0.4, 0.5) is 0 Å². The lowest BCUT2D eigenvalue weighted by atomic mass is 10.2. The summed E-state index contributed by atoms with van der Waals surface area (Å²) in [5, 5.41) is 20.8. The SMILES string of the molecule is OC1CN[C@H](c2nncn2C2CC2)C1. The van der Waals surface area contributed by atoms with Crippen LogP contribution in [0.1, 0.15) is 37.2 Å². The quantitative estimate of drug-likeness (QED) is 0.696. The molecule has 2 aliphatic rings. The highest BCUT2D eigenvalue weighted by atomic mass is 16.3. The van der Waals surface area contributed by atoms with Gasteiger partial charge in [-0.1, -0.05) is 0 Å². The number of aliphatic hydroxyl groups is 1. The molecule has 2 N–H and O–H groups in total. The molecule has 14 heavy (non-hydrogen) atoms. The minimum Gasteiger partial charge on any atom is -0.392 e. The minimum atomic E-state index is -0.232. The Bertz CT molecular complexity index is 333. The minimum absolute atomic E-state index is 0.188. The smallest absolute Gasteiger partial charge is 0.150 e. The molecule has 2 atom stereocenters. The summed E-state index contributed by atoms with van der Waals surface area (Å²) in [5.41, 5.74) is 0. The third-order valence-corrected chi connectivity index (χ3v) is 2.96. The van der Waals surface area contributed by atoms with E-state index >= 15 is 0 Å². The molecule has 0 radical (unpaired) electrons. The molecule has 0 amide bonds. The number of aromatic nitrogens is 3. The van der Waals surface area contributed by atoms with Crippen LogP contribution in [-0.4, -0.2) is 32.5 Å². The molecular weight excluding hydrogens is 180 g/mol. The summed E-state index contributed by atoms with van der Waals surface area (Å²) in [6.07, 6.45) is 4.80.